The monoisotopic (exact) mass is 199 g/mol. The first-order valence-corrected chi connectivity index (χ1v) is 3.65. The van der Waals surface area contributed by atoms with E-state index in [1.807, 2.05) is 0 Å². The van der Waals surface area contributed by atoms with Crippen molar-refractivity contribution in [2.75, 3.05) is 0 Å². The van der Waals surface area contributed by atoms with E-state index in [9.17, 15) is 4.79 Å². The molecule has 0 radical (unpaired) electrons. The lowest BCUT2D eigenvalue weighted by atomic mass is 10.1. The van der Waals surface area contributed by atoms with Crippen LogP contribution in [0.1, 0.15) is 11.7 Å². The summed E-state index contributed by atoms with van der Waals surface area (Å²) in [6, 6.07) is 1.87. The molecule has 0 spiro atoms. The maximum absolute atomic E-state index is 10.6. The largest absolute Gasteiger partial charge is 0.504 e. The Morgan fingerprint density at radius 3 is 2.00 bits per heavy atom. The van der Waals surface area contributed by atoms with Crippen molar-refractivity contribution in [2.45, 2.75) is 6.10 Å². The number of phenols is 3. The quantitative estimate of drug-likeness (QED) is 0.404. The summed E-state index contributed by atoms with van der Waals surface area (Å²) in [6.45, 7) is 0. The van der Waals surface area contributed by atoms with Gasteiger partial charge in [-0.1, -0.05) is 0 Å². The normalized spacial score (nSPS) is 12.4. The van der Waals surface area contributed by atoms with Crippen molar-refractivity contribution in [3.63, 3.8) is 0 Å². The van der Waals surface area contributed by atoms with Gasteiger partial charge in [0.2, 0.25) is 0 Å². The smallest absolute Gasteiger partial charge is 0.250 e. The fourth-order valence-electron chi connectivity index (χ4n) is 0.947. The van der Waals surface area contributed by atoms with Crippen molar-refractivity contribution in [1.29, 1.82) is 0 Å². The Kier molecular flexibility index (Phi) is 2.48. The van der Waals surface area contributed by atoms with Gasteiger partial charge in [-0.2, -0.15) is 0 Å². The van der Waals surface area contributed by atoms with Crippen LogP contribution in [-0.4, -0.2) is 26.3 Å². The maximum Gasteiger partial charge on any atom is 0.250 e. The summed E-state index contributed by atoms with van der Waals surface area (Å²) >= 11 is 0. The number of hydrogen-bond donors (Lipinski definition) is 5. The van der Waals surface area contributed by atoms with Gasteiger partial charge in [-0.15, -0.1) is 0 Å². The Hall–Kier alpha value is -1.95. The number of aliphatic hydroxyl groups is 1. The van der Waals surface area contributed by atoms with Gasteiger partial charge in [0.05, 0.1) is 0 Å². The van der Waals surface area contributed by atoms with Crippen molar-refractivity contribution < 1.29 is 25.2 Å². The molecule has 76 valence electrons. The van der Waals surface area contributed by atoms with Gasteiger partial charge in [-0.3, -0.25) is 4.79 Å². The second kappa shape index (κ2) is 3.43. The number of rotatable bonds is 2. The number of carbonyl (C=O) groups excluding carboxylic acids is 1. The molecule has 1 aromatic carbocycles. The molecule has 1 rings (SSSR count). The summed E-state index contributed by atoms with van der Waals surface area (Å²) in [4.78, 5) is 10.6. The zero-order valence-electron chi connectivity index (χ0n) is 7.01. The Balaban J connectivity index is 3.19. The fourth-order valence-corrected chi connectivity index (χ4v) is 0.947. The average Bonchev–Trinajstić information content (AvgIpc) is 2.12. The molecule has 0 aliphatic rings. The van der Waals surface area contributed by atoms with Gasteiger partial charge in [-0.05, 0) is 17.7 Å². The molecular formula is C8H9NO5. The molecule has 0 bridgehead atoms. The summed E-state index contributed by atoms with van der Waals surface area (Å²) in [5, 5.41) is 36.2. The first-order valence-electron chi connectivity index (χ1n) is 3.65. The number of hydrogen-bond acceptors (Lipinski definition) is 5. The van der Waals surface area contributed by atoms with E-state index in [0.29, 0.717) is 0 Å². The number of primary amides is 1. The zero-order chi connectivity index (χ0) is 10.9. The molecule has 1 atom stereocenters. The highest BCUT2D eigenvalue weighted by molar-refractivity contribution is 5.80. The molecule has 6 N–H and O–H groups in total. The minimum Gasteiger partial charge on any atom is -0.504 e. The number of aliphatic hydroxyl groups excluding tert-OH is 1. The molecule has 1 amide bonds. The van der Waals surface area contributed by atoms with Crippen LogP contribution in [0, 0.1) is 0 Å². The molecule has 0 aromatic heterocycles. The van der Waals surface area contributed by atoms with Gasteiger partial charge in [0.15, 0.2) is 23.4 Å². The number of benzene rings is 1. The van der Waals surface area contributed by atoms with E-state index in [1.165, 1.54) is 0 Å². The van der Waals surface area contributed by atoms with Gasteiger partial charge in [0, 0.05) is 0 Å². The van der Waals surface area contributed by atoms with Crippen molar-refractivity contribution >= 4 is 5.91 Å². The van der Waals surface area contributed by atoms with Crippen LogP contribution in [0.15, 0.2) is 12.1 Å². The topological polar surface area (TPSA) is 124 Å². The third-order valence-corrected chi connectivity index (χ3v) is 1.68. The second-order valence-corrected chi connectivity index (χ2v) is 2.71. The summed E-state index contributed by atoms with van der Waals surface area (Å²) in [7, 11) is 0. The van der Waals surface area contributed by atoms with Crippen LogP contribution in [0.25, 0.3) is 0 Å². The van der Waals surface area contributed by atoms with Crippen molar-refractivity contribution in [3.05, 3.63) is 17.7 Å². The molecule has 1 unspecified atom stereocenters. The first-order chi connectivity index (χ1) is 6.43. The molecule has 0 saturated heterocycles. The maximum atomic E-state index is 10.6. The number of phenolic OH excluding ortho intramolecular Hbond substituents is 3. The Morgan fingerprint density at radius 2 is 1.64 bits per heavy atom. The number of nitrogens with two attached hydrogens (primary N) is 1. The summed E-state index contributed by atoms with van der Waals surface area (Å²) < 4.78 is 0. The first kappa shape index (κ1) is 10.1. The molecule has 0 aliphatic carbocycles. The minimum atomic E-state index is -1.63. The van der Waals surface area contributed by atoms with Gasteiger partial charge in [-0.25, -0.2) is 0 Å². The number of carbonyl (C=O) groups is 1. The third kappa shape index (κ3) is 1.69. The standard InChI is InChI=1S/C8H9NO5/c9-8(14)6(12)3-1-4(10)7(13)5(11)2-3/h1-2,6,10-13H,(H2,9,14). The van der Waals surface area contributed by atoms with E-state index in [4.69, 9.17) is 26.2 Å². The van der Waals surface area contributed by atoms with Crippen molar-refractivity contribution in [2.24, 2.45) is 5.73 Å². The Bertz CT molecular complexity index is 353. The van der Waals surface area contributed by atoms with E-state index >= 15 is 0 Å². The van der Waals surface area contributed by atoms with Gasteiger partial charge in [0.25, 0.3) is 5.91 Å². The van der Waals surface area contributed by atoms with Gasteiger partial charge in [0.1, 0.15) is 0 Å². The Labute approximate surface area is 78.8 Å². The average molecular weight is 199 g/mol. The van der Waals surface area contributed by atoms with E-state index in [1.54, 1.807) is 0 Å². The van der Waals surface area contributed by atoms with E-state index < -0.39 is 29.3 Å². The predicted octanol–water partition coefficient (Wildman–Crippen LogP) is -0.678. The predicted molar refractivity (Wildman–Crippen MR) is 45.6 cm³/mol. The van der Waals surface area contributed by atoms with Gasteiger partial charge < -0.3 is 26.2 Å². The van der Waals surface area contributed by atoms with Crippen LogP contribution >= 0.6 is 0 Å². The molecule has 0 fully saturated rings. The summed E-state index contributed by atoms with van der Waals surface area (Å²) in [5.41, 5.74) is 4.70. The van der Waals surface area contributed by atoms with Crippen LogP contribution < -0.4 is 5.73 Å². The SMILES string of the molecule is NC(=O)C(O)c1cc(O)c(O)c(O)c1. The van der Waals surface area contributed by atoms with Crippen LogP contribution in [0.4, 0.5) is 0 Å². The molecule has 1 aromatic rings. The number of amides is 1. The van der Waals surface area contributed by atoms with Crippen LogP contribution in [0.5, 0.6) is 17.2 Å². The fraction of sp³-hybridized carbons (Fsp3) is 0.125. The van der Waals surface area contributed by atoms with E-state index in [-0.39, 0.29) is 5.56 Å². The summed E-state index contributed by atoms with van der Waals surface area (Å²) in [5.74, 6) is -3.01. The molecule has 0 aliphatic heterocycles. The molecule has 14 heavy (non-hydrogen) atoms. The van der Waals surface area contributed by atoms with Crippen LogP contribution in [-0.2, 0) is 4.79 Å². The third-order valence-electron chi connectivity index (χ3n) is 1.68. The lowest BCUT2D eigenvalue weighted by Gasteiger charge is -2.08. The second-order valence-electron chi connectivity index (χ2n) is 2.71. The van der Waals surface area contributed by atoms with Crippen LogP contribution in [0.2, 0.25) is 0 Å². The molecule has 0 heterocycles. The lowest BCUT2D eigenvalue weighted by molar-refractivity contribution is -0.126. The highest BCUT2D eigenvalue weighted by Gasteiger charge is 2.17. The van der Waals surface area contributed by atoms with Crippen molar-refractivity contribution in [1.82, 2.24) is 0 Å². The van der Waals surface area contributed by atoms with Crippen molar-refractivity contribution in [3.8, 4) is 17.2 Å². The minimum absolute atomic E-state index is 0.0923. The van der Waals surface area contributed by atoms with E-state index in [2.05, 4.69) is 0 Å². The molecule has 0 saturated carbocycles. The molecule has 6 heteroatoms. The zero-order valence-corrected chi connectivity index (χ0v) is 7.01. The Morgan fingerprint density at radius 1 is 1.21 bits per heavy atom. The number of aromatic hydroxyl groups is 3. The van der Waals surface area contributed by atoms with Gasteiger partial charge >= 0.3 is 0 Å². The highest BCUT2D eigenvalue weighted by atomic mass is 16.3. The van der Waals surface area contributed by atoms with Crippen LogP contribution in [0.3, 0.4) is 0 Å². The van der Waals surface area contributed by atoms with E-state index in [0.717, 1.165) is 12.1 Å². The molecule has 6 nitrogen and oxygen atoms in total. The summed E-state index contributed by atoms with van der Waals surface area (Å²) in [6.07, 6.45) is -1.63. The lowest BCUT2D eigenvalue weighted by Crippen LogP contribution is -2.20. The molecular weight excluding hydrogens is 190 g/mol. The highest BCUT2D eigenvalue weighted by Crippen LogP contribution is 2.36.